The number of carbonyl (C=O) groups is 1. The van der Waals surface area contributed by atoms with Gasteiger partial charge in [-0.1, -0.05) is 30.3 Å². The van der Waals surface area contributed by atoms with Gasteiger partial charge in [-0.2, -0.15) is 0 Å². The molecule has 0 bridgehead atoms. The number of benzene rings is 2. The van der Waals surface area contributed by atoms with Gasteiger partial charge >= 0.3 is 0 Å². The monoisotopic (exact) mass is 552 g/mol. The molecule has 0 radical (unpaired) electrons. The maximum Gasteiger partial charge on any atom is 0.247 e. The summed E-state index contributed by atoms with van der Waals surface area (Å²) in [7, 11) is -1.49. The Kier molecular flexibility index (Phi) is 7.88. The van der Waals surface area contributed by atoms with Crippen molar-refractivity contribution < 1.29 is 23.5 Å². The summed E-state index contributed by atoms with van der Waals surface area (Å²) in [5.41, 5.74) is 4.12. The second-order valence-corrected chi connectivity index (χ2v) is 15.0. The molecule has 0 saturated heterocycles. The number of aliphatic hydroxyl groups is 1. The molecule has 0 fully saturated rings. The third-order valence-corrected chi connectivity index (χ3v) is 10.4. The molecule has 3 heterocycles. The fraction of sp³-hybridized carbons (Fsp3) is 0.483. The molecular formula is C29H37FN4O4Si. The number of halogens is 1. The fourth-order valence-electron chi connectivity index (χ4n) is 6.06. The van der Waals surface area contributed by atoms with Gasteiger partial charge in [-0.25, -0.2) is 0 Å². The highest BCUT2D eigenvalue weighted by Crippen LogP contribution is 2.49. The standard InChI is InChI=1S/C29H37FN4O4Si/c1-19-28(37-2)23-17-22(34-24-8-6-5-7-20(24)9-12-27(34)36)10-11-25(23)38-29(19)26(39(3,4)30)13-15-33-18-21(14-16-35)31-32-33/h5-8,10-11,17-19,26,28-29,35H,9,12-16H2,1-4H3/t19-,26?,28-,29-/m0/s1. The Hall–Kier alpha value is -3.08. The number of rotatable bonds is 9. The third-order valence-electron chi connectivity index (χ3n) is 8.06. The van der Waals surface area contributed by atoms with Gasteiger partial charge in [0, 0.05) is 62.0 Å². The van der Waals surface area contributed by atoms with Crippen molar-refractivity contribution in [1.29, 1.82) is 0 Å². The second-order valence-electron chi connectivity index (χ2n) is 11.1. The smallest absolute Gasteiger partial charge is 0.247 e. The fourth-order valence-corrected chi connectivity index (χ4v) is 8.03. The lowest BCUT2D eigenvalue weighted by atomic mass is 9.86. The number of methoxy groups -OCH3 is 1. The van der Waals surface area contributed by atoms with Crippen molar-refractivity contribution in [1.82, 2.24) is 15.0 Å². The van der Waals surface area contributed by atoms with Crippen molar-refractivity contribution in [3.8, 4) is 5.75 Å². The average Bonchev–Trinajstić information content (AvgIpc) is 3.35. The molecule has 0 spiro atoms. The van der Waals surface area contributed by atoms with Gasteiger partial charge in [-0.05, 0) is 55.8 Å². The zero-order chi connectivity index (χ0) is 27.7. The van der Waals surface area contributed by atoms with E-state index >= 15 is 4.11 Å². The maximum absolute atomic E-state index is 15.8. The molecule has 1 N–H and O–H groups in total. The first-order valence-corrected chi connectivity index (χ1v) is 16.6. The zero-order valence-electron chi connectivity index (χ0n) is 23.0. The summed E-state index contributed by atoms with van der Waals surface area (Å²) in [6.07, 6.45) is 3.31. The molecular weight excluding hydrogens is 515 g/mol. The highest BCUT2D eigenvalue weighted by molar-refractivity contribution is 6.72. The zero-order valence-corrected chi connectivity index (χ0v) is 24.0. The van der Waals surface area contributed by atoms with Gasteiger partial charge in [0.1, 0.15) is 11.9 Å². The number of aryl methyl sites for hydroxylation is 2. The number of para-hydroxylation sites is 1. The summed E-state index contributed by atoms with van der Waals surface area (Å²) in [6.45, 7) is 6.03. The Bertz CT molecular complexity index is 1330. The van der Waals surface area contributed by atoms with Crippen molar-refractivity contribution in [3.63, 3.8) is 0 Å². The van der Waals surface area contributed by atoms with E-state index in [1.807, 2.05) is 36.4 Å². The molecule has 2 aromatic carbocycles. The van der Waals surface area contributed by atoms with Crippen LogP contribution in [0.5, 0.6) is 5.75 Å². The molecule has 1 amide bonds. The molecule has 2 aliphatic heterocycles. The predicted octanol–water partition coefficient (Wildman–Crippen LogP) is 5.14. The van der Waals surface area contributed by atoms with Crippen LogP contribution in [0.2, 0.25) is 18.6 Å². The summed E-state index contributed by atoms with van der Waals surface area (Å²) in [4.78, 5) is 14.8. The lowest BCUT2D eigenvalue weighted by Gasteiger charge is -2.43. The van der Waals surface area contributed by atoms with E-state index in [-0.39, 0.29) is 36.2 Å². The summed E-state index contributed by atoms with van der Waals surface area (Å²) in [5.74, 6) is 0.613. The van der Waals surface area contributed by atoms with Crippen molar-refractivity contribution in [3.05, 3.63) is 65.5 Å². The van der Waals surface area contributed by atoms with Crippen LogP contribution in [-0.4, -0.2) is 54.2 Å². The molecule has 0 saturated carbocycles. The minimum absolute atomic E-state index is 0.0110. The second kappa shape index (κ2) is 11.2. The van der Waals surface area contributed by atoms with Gasteiger partial charge in [0.2, 0.25) is 14.3 Å². The van der Waals surface area contributed by atoms with Crippen LogP contribution < -0.4 is 9.64 Å². The number of fused-ring (bicyclic) bond motifs is 2. The molecule has 0 aliphatic carbocycles. The topological polar surface area (TPSA) is 89.7 Å². The molecule has 1 aromatic heterocycles. The summed E-state index contributed by atoms with van der Waals surface area (Å²) in [5, 5.41) is 17.4. The molecule has 5 rings (SSSR count). The lowest BCUT2D eigenvalue weighted by molar-refractivity contribution is -0.118. The summed E-state index contributed by atoms with van der Waals surface area (Å²) in [6, 6.07) is 13.8. The van der Waals surface area contributed by atoms with E-state index in [2.05, 4.69) is 23.3 Å². The van der Waals surface area contributed by atoms with Crippen molar-refractivity contribution in [2.45, 2.75) is 70.0 Å². The number of aliphatic hydroxyl groups excluding tert-OH is 1. The Morgan fingerprint density at radius 1 is 1.23 bits per heavy atom. The van der Waals surface area contributed by atoms with Gasteiger partial charge < -0.3 is 18.7 Å². The SMILES string of the molecule is CO[C@@H]1c2cc(N3C(=O)CCc4ccccc43)ccc2O[C@H](C(CCn2cc(CCO)nn2)[Si](C)(C)F)[C@H]1C. The number of amides is 1. The molecule has 8 nitrogen and oxygen atoms in total. The number of nitrogens with zero attached hydrogens (tertiary/aromatic N) is 4. The largest absolute Gasteiger partial charge is 0.490 e. The van der Waals surface area contributed by atoms with Crippen molar-refractivity contribution in [2.75, 3.05) is 18.6 Å². The highest BCUT2D eigenvalue weighted by Gasteiger charge is 2.47. The van der Waals surface area contributed by atoms with Crippen LogP contribution in [0.15, 0.2) is 48.7 Å². The first-order valence-electron chi connectivity index (χ1n) is 13.6. The quantitative estimate of drug-likeness (QED) is 0.292. The van der Waals surface area contributed by atoms with Crippen molar-refractivity contribution >= 4 is 25.7 Å². The highest BCUT2D eigenvalue weighted by atomic mass is 28.4. The molecule has 3 aromatic rings. The number of carbonyl (C=O) groups excluding carboxylic acids is 1. The Balaban J connectivity index is 1.43. The van der Waals surface area contributed by atoms with Gasteiger partial charge in [-0.15, -0.1) is 5.10 Å². The molecule has 39 heavy (non-hydrogen) atoms. The Morgan fingerprint density at radius 3 is 2.77 bits per heavy atom. The first kappa shape index (κ1) is 27.5. The normalized spacial score (nSPS) is 21.7. The van der Waals surface area contributed by atoms with Gasteiger partial charge in [0.05, 0.1) is 17.5 Å². The van der Waals surface area contributed by atoms with E-state index in [1.54, 1.807) is 36.0 Å². The van der Waals surface area contributed by atoms with Crippen LogP contribution >= 0.6 is 0 Å². The van der Waals surface area contributed by atoms with Crippen LogP contribution in [0.3, 0.4) is 0 Å². The van der Waals surface area contributed by atoms with E-state index < -0.39 is 8.41 Å². The molecule has 208 valence electrons. The van der Waals surface area contributed by atoms with Gasteiger partial charge in [-0.3, -0.25) is 14.4 Å². The van der Waals surface area contributed by atoms with E-state index in [4.69, 9.17) is 14.6 Å². The molecule has 1 unspecified atom stereocenters. The van der Waals surface area contributed by atoms with Crippen LogP contribution in [0.1, 0.15) is 42.7 Å². The Labute approximate surface area is 229 Å². The minimum Gasteiger partial charge on any atom is -0.490 e. The number of aromatic nitrogens is 3. The van der Waals surface area contributed by atoms with E-state index in [9.17, 15) is 4.79 Å². The predicted molar refractivity (Wildman–Crippen MR) is 149 cm³/mol. The number of hydrogen-bond acceptors (Lipinski definition) is 6. The maximum atomic E-state index is 15.8. The Morgan fingerprint density at radius 2 is 2.03 bits per heavy atom. The molecule has 4 atom stereocenters. The van der Waals surface area contributed by atoms with Crippen LogP contribution in [0, 0.1) is 5.92 Å². The van der Waals surface area contributed by atoms with E-state index in [0.717, 1.165) is 28.9 Å². The molecule has 10 heteroatoms. The summed E-state index contributed by atoms with van der Waals surface area (Å²) >= 11 is 0. The van der Waals surface area contributed by atoms with E-state index in [0.29, 0.717) is 37.3 Å². The number of anilines is 2. The lowest BCUT2D eigenvalue weighted by Crippen LogP contribution is -2.46. The van der Waals surface area contributed by atoms with Crippen molar-refractivity contribution in [2.24, 2.45) is 5.92 Å². The van der Waals surface area contributed by atoms with Gasteiger partial charge in [0.15, 0.2) is 0 Å². The first-order chi connectivity index (χ1) is 18.7. The van der Waals surface area contributed by atoms with Crippen LogP contribution in [0.4, 0.5) is 15.5 Å². The summed E-state index contributed by atoms with van der Waals surface area (Å²) < 4.78 is 30.1. The van der Waals surface area contributed by atoms with Crippen LogP contribution in [0.25, 0.3) is 0 Å². The number of ether oxygens (including phenoxy) is 2. The minimum atomic E-state index is -3.16. The van der Waals surface area contributed by atoms with Crippen LogP contribution in [-0.2, 0) is 28.9 Å². The third kappa shape index (κ3) is 5.50. The van der Waals surface area contributed by atoms with Gasteiger partial charge in [0.25, 0.3) is 0 Å². The number of hydrogen-bond donors (Lipinski definition) is 1. The molecule has 2 aliphatic rings. The van der Waals surface area contributed by atoms with E-state index in [1.165, 1.54) is 0 Å². The average molecular weight is 553 g/mol.